The van der Waals surface area contributed by atoms with Crippen LogP contribution in [0.2, 0.25) is 0 Å². The number of para-hydroxylation sites is 1. The summed E-state index contributed by atoms with van der Waals surface area (Å²) in [5, 5.41) is 8.85. The van der Waals surface area contributed by atoms with Gasteiger partial charge in [-0.1, -0.05) is 18.2 Å². The molecule has 0 aliphatic carbocycles. The van der Waals surface area contributed by atoms with Crippen molar-refractivity contribution >= 4 is 38.6 Å². The molecular weight excluding hydrogens is 524 g/mol. The number of ether oxygens (including phenoxy) is 4. The van der Waals surface area contributed by atoms with Gasteiger partial charge in [-0.05, 0) is 29.9 Å². The Kier molecular flexibility index (Phi) is 5.67. The summed E-state index contributed by atoms with van der Waals surface area (Å²) in [5.41, 5.74) is 3.39. The van der Waals surface area contributed by atoms with Crippen LogP contribution in [0, 0.1) is 0 Å². The molecule has 4 aromatic heterocycles. The van der Waals surface area contributed by atoms with Crippen LogP contribution in [-0.4, -0.2) is 40.4 Å². The molecule has 11 heteroatoms. The first-order chi connectivity index (χ1) is 18.7. The maximum absolute atomic E-state index is 6.27. The minimum atomic E-state index is 0.234. The van der Waals surface area contributed by atoms with E-state index in [4.69, 9.17) is 28.3 Å². The number of aromatic nitrogens is 4. The average Bonchev–Trinajstić information content (AvgIpc) is 3.73. The molecule has 0 spiro atoms. The molecule has 0 bridgehead atoms. The van der Waals surface area contributed by atoms with Crippen LogP contribution in [0.5, 0.6) is 22.4 Å². The molecule has 1 unspecified atom stereocenters. The normalized spacial score (nSPS) is 14.9. The highest BCUT2D eigenvalue weighted by Gasteiger charge is 2.25. The first-order valence-electron chi connectivity index (χ1n) is 12.0. The number of furan rings is 1. The molecule has 192 valence electrons. The first-order valence-corrected chi connectivity index (χ1v) is 13.7. The lowest BCUT2D eigenvalue weighted by Crippen LogP contribution is -2.15. The Morgan fingerprint density at radius 1 is 1.11 bits per heavy atom. The second-order valence-electron chi connectivity index (χ2n) is 8.77. The van der Waals surface area contributed by atoms with Gasteiger partial charge < -0.3 is 23.4 Å². The SMILES string of the molecule is COc1cc(OCc2csc(C3CCOc4ccccc43)n2)c2cc(-c3cn4nc(OC)sc4n3)oc2c1. The van der Waals surface area contributed by atoms with Gasteiger partial charge in [0.2, 0.25) is 4.96 Å². The molecule has 1 atom stereocenters. The standard InChI is InChI=1S/C27H22N4O5S2/c1-32-16-9-22(19-11-24(36-23(19)10-16)20-12-31-26(29-20)38-27(30-31)33-2)35-13-15-14-37-25(28-15)18-7-8-34-21-6-4-3-5-17(18)21/h3-6,9-12,14,18H,7-8,13H2,1-2H3. The van der Waals surface area contributed by atoms with Gasteiger partial charge in [-0.3, -0.25) is 0 Å². The molecule has 0 N–H and O–H groups in total. The summed E-state index contributed by atoms with van der Waals surface area (Å²) in [7, 11) is 3.21. The Balaban J connectivity index is 1.15. The molecule has 0 radical (unpaired) electrons. The largest absolute Gasteiger partial charge is 0.496 e. The van der Waals surface area contributed by atoms with Crippen molar-refractivity contribution in [2.45, 2.75) is 18.9 Å². The van der Waals surface area contributed by atoms with Crippen molar-refractivity contribution in [3.8, 4) is 33.9 Å². The van der Waals surface area contributed by atoms with Crippen molar-refractivity contribution in [2.75, 3.05) is 20.8 Å². The zero-order chi connectivity index (χ0) is 25.6. The third-order valence-corrected chi connectivity index (χ3v) is 8.35. The number of thiazole rings is 1. The summed E-state index contributed by atoms with van der Waals surface area (Å²) in [6.45, 7) is 1.02. The van der Waals surface area contributed by atoms with Crippen molar-refractivity contribution in [1.82, 2.24) is 19.6 Å². The summed E-state index contributed by atoms with van der Waals surface area (Å²) >= 11 is 3.02. The van der Waals surface area contributed by atoms with E-state index in [0.717, 1.165) is 33.2 Å². The van der Waals surface area contributed by atoms with Crippen molar-refractivity contribution < 1.29 is 23.4 Å². The third-order valence-electron chi connectivity index (χ3n) is 6.46. The number of hydrogen-bond donors (Lipinski definition) is 0. The maximum atomic E-state index is 6.27. The number of fused-ring (bicyclic) bond motifs is 3. The first kappa shape index (κ1) is 23.1. The van der Waals surface area contributed by atoms with Gasteiger partial charge in [0.15, 0.2) is 5.76 Å². The van der Waals surface area contributed by atoms with E-state index in [1.54, 1.807) is 30.1 Å². The van der Waals surface area contributed by atoms with Crippen LogP contribution >= 0.6 is 22.7 Å². The number of benzene rings is 2. The molecule has 9 nitrogen and oxygen atoms in total. The fraction of sp³-hybridized carbons (Fsp3) is 0.222. The van der Waals surface area contributed by atoms with Crippen LogP contribution in [0.3, 0.4) is 0 Å². The Hall–Kier alpha value is -4.09. The van der Waals surface area contributed by atoms with Gasteiger partial charge in [0.25, 0.3) is 5.19 Å². The molecule has 7 rings (SSSR count). The highest BCUT2D eigenvalue weighted by molar-refractivity contribution is 7.18. The molecule has 2 aromatic carbocycles. The quantitative estimate of drug-likeness (QED) is 0.235. The predicted octanol–water partition coefficient (Wildman–Crippen LogP) is 6.17. The van der Waals surface area contributed by atoms with E-state index >= 15 is 0 Å². The summed E-state index contributed by atoms with van der Waals surface area (Å²) in [4.78, 5) is 10.3. The summed E-state index contributed by atoms with van der Waals surface area (Å²) < 4.78 is 30.6. The summed E-state index contributed by atoms with van der Waals surface area (Å²) in [5.74, 6) is 3.09. The van der Waals surface area contributed by atoms with E-state index in [9.17, 15) is 0 Å². The van der Waals surface area contributed by atoms with Crippen molar-refractivity contribution in [3.63, 3.8) is 0 Å². The molecule has 5 heterocycles. The molecule has 6 aromatic rings. The zero-order valence-electron chi connectivity index (χ0n) is 20.5. The lowest BCUT2D eigenvalue weighted by atomic mass is 9.94. The number of methoxy groups -OCH3 is 2. The molecule has 1 aliphatic heterocycles. The van der Waals surface area contributed by atoms with Gasteiger partial charge in [0.1, 0.15) is 40.1 Å². The molecule has 0 fully saturated rings. The predicted molar refractivity (Wildman–Crippen MR) is 144 cm³/mol. The van der Waals surface area contributed by atoms with Crippen LogP contribution in [0.4, 0.5) is 0 Å². The van der Waals surface area contributed by atoms with E-state index < -0.39 is 0 Å². The Morgan fingerprint density at radius 3 is 2.89 bits per heavy atom. The Bertz CT molecular complexity index is 1740. The third kappa shape index (κ3) is 4.04. The number of nitrogens with zero attached hydrogens (tertiary/aromatic N) is 4. The van der Waals surface area contributed by atoms with Gasteiger partial charge in [0, 0.05) is 29.0 Å². The van der Waals surface area contributed by atoms with Gasteiger partial charge in [-0.2, -0.15) is 0 Å². The highest BCUT2D eigenvalue weighted by atomic mass is 32.1. The Morgan fingerprint density at radius 2 is 2.03 bits per heavy atom. The molecule has 0 amide bonds. The van der Waals surface area contributed by atoms with E-state index in [2.05, 4.69) is 21.5 Å². The molecule has 0 saturated heterocycles. The monoisotopic (exact) mass is 546 g/mol. The minimum absolute atomic E-state index is 0.234. The maximum Gasteiger partial charge on any atom is 0.294 e. The summed E-state index contributed by atoms with van der Waals surface area (Å²) in [6.07, 6.45) is 2.72. The Labute approximate surface area is 225 Å². The van der Waals surface area contributed by atoms with E-state index in [-0.39, 0.29) is 5.92 Å². The molecule has 38 heavy (non-hydrogen) atoms. The fourth-order valence-corrected chi connectivity index (χ4v) is 6.28. The van der Waals surface area contributed by atoms with Crippen molar-refractivity contribution in [3.05, 3.63) is 70.3 Å². The van der Waals surface area contributed by atoms with Crippen molar-refractivity contribution in [1.29, 1.82) is 0 Å². The van der Waals surface area contributed by atoms with Gasteiger partial charge in [-0.25, -0.2) is 14.5 Å². The van der Waals surface area contributed by atoms with E-state index in [1.807, 2.05) is 42.6 Å². The molecule has 1 aliphatic rings. The van der Waals surface area contributed by atoms with Gasteiger partial charge >= 0.3 is 0 Å². The van der Waals surface area contributed by atoms with Crippen LogP contribution in [-0.2, 0) is 6.61 Å². The van der Waals surface area contributed by atoms with Gasteiger partial charge in [0.05, 0.1) is 38.1 Å². The second kappa shape index (κ2) is 9.34. The fourth-order valence-electron chi connectivity index (χ4n) is 4.63. The van der Waals surface area contributed by atoms with Crippen LogP contribution in [0.25, 0.3) is 27.4 Å². The van der Waals surface area contributed by atoms with Crippen LogP contribution in [0.15, 0.2) is 58.5 Å². The second-order valence-corrected chi connectivity index (χ2v) is 10.6. The number of hydrogen-bond acceptors (Lipinski definition) is 10. The van der Waals surface area contributed by atoms with Crippen LogP contribution in [0.1, 0.15) is 28.6 Å². The smallest absolute Gasteiger partial charge is 0.294 e. The highest BCUT2D eigenvalue weighted by Crippen LogP contribution is 2.40. The minimum Gasteiger partial charge on any atom is -0.496 e. The number of rotatable bonds is 7. The molecular formula is C27H22N4O5S2. The average molecular weight is 547 g/mol. The van der Waals surface area contributed by atoms with E-state index in [0.29, 0.717) is 46.9 Å². The topological polar surface area (TPSA) is 93.1 Å². The van der Waals surface area contributed by atoms with Gasteiger partial charge in [-0.15, -0.1) is 16.4 Å². The molecule has 0 saturated carbocycles. The zero-order valence-corrected chi connectivity index (χ0v) is 22.2. The number of imidazole rings is 1. The lowest BCUT2D eigenvalue weighted by molar-refractivity contribution is 0.276. The van der Waals surface area contributed by atoms with Crippen LogP contribution < -0.4 is 18.9 Å². The van der Waals surface area contributed by atoms with E-state index in [1.165, 1.54) is 16.9 Å². The van der Waals surface area contributed by atoms with Crippen molar-refractivity contribution in [2.24, 2.45) is 0 Å². The lowest BCUT2D eigenvalue weighted by Gasteiger charge is -2.24. The summed E-state index contributed by atoms with van der Waals surface area (Å²) in [6, 6.07) is 13.8.